The Kier molecular flexibility index (Phi) is 18.9. The maximum Gasteiger partial charge on any atom is 0.303 e. The number of esters is 7. The molecule has 3 fully saturated rings. The monoisotopic (exact) mass is 1130 g/mol. The predicted octanol–water partition coefficient (Wildman–Crippen LogP) is 0.751. The van der Waals surface area contributed by atoms with Gasteiger partial charge >= 0.3 is 41.8 Å². The van der Waals surface area contributed by atoms with Crippen molar-refractivity contribution in [3.05, 3.63) is 0 Å². The predicted molar refractivity (Wildman–Crippen MR) is 203 cm³/mol. The maximum absolute atomic E-state index is 12.7. The number of ether oxygens (including phenoxy) is 12. The summed E-state index contributed by atoms with van der Waals surface area (Å²) in [5.41, 5.74) is 0. The summed E-state index contributed by atoms with van der Waals surface area (Å²) in [4.78, 5) is 86.4. The van der Waals surface area contributed by atoms with E-state index >= 15 is 0 Å². The lowest BCUT2D eigenvalue weighted by atomic mass is 9.95. The third-order valence-corrected chi connectivity index (χ3v) is 10.5. The molecule has 0 aromatic heterocycles. The van der Waals surface area contributed by atoms with Crippen LogP contribution >= 0.6 is 67.8 Å². The SMILES string of the molecule is CC(=O)O[C@@H]1[C@@H](OC(C)=O)[C@@H](O[C@H]2[C@H](OC(C)=O)[C@@H](OC(C)=O)[C@@H](O[C@H]3[C@H](OC(C)=O)[C@@H](OC(C)=O)C(O)O[C@@H]3CI)O[C@@H]2CI)O[C@H](CI)[C@H]1OC(C)=O. The first-order valence-corrected chi connectivity index (χ1v) is 21.2. The van der Waals surface area contributed by atoms with Gasteiger partial charge in [-0.15, -0.1) is 0 Å². The molecule has 3 rings (SSSR count). The first kappa shape index (κ1) is 47.6. The van der Waals surface area contributed by atoms with Crippen molar-refractivity contribution < 1.29 is 95.5 Å². The molecule has 3 aliphatic rings. The van der Waals surface area contributed by atoms with Gasteiger partial charge in [0.15, 0.2) is 61.6 Å². The van der Waals surface area contributed by atoms with E-state index < -0.39 is 134 Å². The number of rotatable bonds is 14. The fourth-order valence-electron chi connectivity index (χ4n) is 6.14. The van der Waals surface area contributed by atoms with Crippen LogP contribution in [0.2, 0.25) is 0 Å². The van der Waals surface area contributed by atoms with Crippen LogP contribution in [0.4, 0.5) is 0 Å². The van der Waals surface area contributed by atoms with Crippen molar-refractivity contribution in [1.82, 2.24) is 0 Å². The van der Waals surface area contributed by atoms with Crippen LogP contribution in [-0.2, 0) is 90.4 Å². The molecule has 3 aliphatic heterocycles. The average Bonchev–Trinajstić information content (AvgIpc) is 3.06. The summed E-state index contributed by atoms with van der Waals surface area (Å²) in [5.74, 6) is -5.78. The van der Waals surface area contributed by atoms with Crippen LogP contribution < -0.4 is 0 Å². The summed E-state index contributed by atoms with van der Waals surface area (Å²) < 4.78 is 70.0. The highest BCUT2D eigenvalue weighted by atomic mass is 127. The van der Waals surface area contributed by atoms with E-state index in [1.165, 1.54) is 0 Å². The van der Waals surface area contributed by atoms with Gasteiger partial charge in [0.2, 0.25) is 0 Å². The number of hydrogen-bond donors (Lipinski definition) is 1. The number of hydrogen-bond acceptors (Lipinski definition) is 20. The first-order valence-electron chi connectivity index (χ1n) is 16.6. The topological polar surface area (TPSA) is 250 Å². The number of alkyl halides is 3. The van der Waals surface area contributed by atoms with E-state index in [-0.39, 0.29) is 13.3 Å². The molecule has 0 aliphatic carbocycles. The molecule has 1 N–H and O–H groups in total. The fourth-order valence-corrected chi connectivity index (χ4v) is 8.27. The summed E-state index contributed by atoms with van der Waals surface area (Å²) in [7, 11) is 0. The van der Waals surface area contributed by atoms with Crippen LogP contribution in [0.25, 0.3) is 0 Å². The van der Waals surface area contributed by atoms with Crippen molar-refractivity contribution in [3.63, 3.8) is 0 Å². The van der Waals surface area contributed by atoms with Gasteiger partial charge in [0.1, 0.15) is 18.3 Å². The molecule has 0 amide bonds. The van der Waals surface area contributed by atoms with Crippen molar-refractivity contribution in [3.8, 4) is 0 Å². The van der Waals surface area contributed by atoms with Gasteiger partial charge in [-0.3, -0.25) is 33.6 Å². The van der Waals surface area contributed by atoms with Crippen molar-refractivity contribution in [2.75, 3.05) is 13.3 Å². The molecule has 3 heterocycles. The van der Waals surface area contributed by atoms with Gasteiger partial charge in [-0.05, 0) is 0 Å². The zero-order chi connectivity index (χ0) is 41.3. The van der Waals surface area contributed by atoms with E-state index in [1.807, 2.05) is 67.8 Å². The van der Waals surface area contributed by atoms with Crippen LogP contribution in [0.15, 0.2) is 0 Å². The molecule has 0 aromatic rings. The molecule has 0 bridgehead atoms. The van der Waals surface area contributed by atoms with E-state index in [4.69, 9.17) is 56.8 Å². The standard InChI is InChI=1S/C32H43I3O20/c1-11(36)44-21-19(9-34)52-31(28(49-16(6)41)25(21)46-13(3)38)55-23-20(10-35)53-32(29(50-17(7)42)26(23)47-14(4)39)54-22-18(8-33)51-30(43)27(48-15(5)40)24(22)45-12(2)37/h18-32,43H,8-10H2,1-7H3/t18-,19-,20-,21-,22-,23-,24+,25+,26+,27-,28-,29-,30?,31-,32-/m1/s1. The lowest BCUT2D eigenvalue weighted by Gasteiger charge is -2.50. The fraction of sp³-hybridized carbons (Fsp3) is 0.781. The Bertz CT molecular complexity index is 1400. The minimum atomic E-state index is -1.73. The molecule has 1 unspecified atom stereocenters. The quantitative estimate of drug-likeness (QED) is 0.109. The van der Waals surface area contributed by atoms with Crippen molar-refractivity contribution in [2.24, 2.45) is 0 Å². The Balaban J connectivity index is 2.13. The zero-order valence-electron chi connectivity index (χ0n) is 30.6. The van der Waals surface area contributed by atoms with E-state index in [1.54, 1.807) is 0 Å². The summed E-state index contributed by atoms with van der Waals surface area (Å²) in [5, 5.41) is 10.7. The van der Waals surface area contributed by atoms with Crippen molar-refractivity contribution in [1.29, 1.82) is 0 Å². The Hall–Kier alpha value is -1.76. The largest absolute Gasteiger partial charge is 0.456 e. The van der Waals surface area contributed by atoms with Gasteiger partial charge in [0.25, 0.3) is 0 Å². The summed E-state index contributed by atoms with van der Waals surface area (Å²) >= 11 is 5.83. The zero-order valence-corrected chi connectivity index (χ0v) is 37.1. The van der Waals surface area contributed by atoms with Gasteiger partial charge < -0.3 is 61.9 Å². The Morgan fingerprint density at radius 2 is 0.655 bits per heavy atom. The van der Waals surface area contributed by atoms with Gasteiger partial charge in [-0.25, -0.2) is 0 Å². The van der Waals surface area contributed by atoms with Gasteiger partial charge in [-0.1, -0.05) is 67.8 Å². The number of aliphatic hydroxyl groups is 1. The Labute approximate surface area is 356 Å². The van der Waals surface area contributed by atoms with E-state index in [2.05, 4.69) is 0 Å². The Morgan fingerprint density at radius 3 is 1.00 bits per heavy atom. The molecule has 0 radical (unpaired) electrons. The molecule has 312 valence electrons. The molecule has 0 saturated carbocycles. The second kappa shape index (κ2) is 21.8. The van der Waals surface area contributed by atoms with Crippen molar-refractivity contribution in [2.45, 2.75) is 141 Å². The molecule has 15 atom stereocenters. The lowest BCUT2D eigenvalue weighted by molar-refractivity contribution is -0.370. The van der Waals surface area contributed by atoms with Crippen LogP contribution in [0, 0.1) is 0 Å². The van der Waals surface area contributed by atoms with Gasteiger partial charge in [-0.2, -0.15) is 0 Å². The van der Waals surface area contributed by atoms with Gasteiger partial charge in [0, 0.05) is 61.7 Å². The molecular formula is C32H43I3O20. The molecule has 20 nitrogen and oxygen atoms in total. The van der Waals surface area contributed by atoms with Gasteiger partial charge in [0.05, 0.1) is 12.2 Å². The summed E-state index contributed by atoms with van der Waals surface area (Å²) in [6.07, 6.45) is -21.3. The third kappa shape index (κ3) is 13.1. The Morgan fingerprint density at radius 1 is 0.400 bits per heavy atom. The maximum atomic E-state index is 12.7. The minimum absolute atomic E-state index is 0.0794. The van der Waals surface area contributed by atoms with Crippen LogP contribution in [0.1, 0.15) is 48.5 Å². The minimum Gasteiger partial charge on any atom is -0.456 e. The smallest absolute Gasteiger partial charge is 0.303 e. The van der Waals surface area contributed by atoms with E-state index in [0.717, 1.165) is 48.5 Å². The van der Waals surface area contributed by atoms with E-state index in [9.17, 15) is 38.7 Å². The molecular weight excluding hydrogens is 1090 g/mol. The second-order valence-electron chi connectivity index (χ2n) is 12.3. The normalized spacial score (nSPS) is 36.0. The third-order valence-electron chi connectivity index (χ3n) is 7.94. The molecule has 3 saturated heterocycles. The van der Waals surface area contributed by atoms with Crippen LogP contribution in [-0.4, -0.2) is 152 Å². The molecule has 0 spiro atoms. The highest BCUT2D eigenvalue weighted by Gasteiger charge is 2.59. The van der Waals surface area contributed by atoms with Crippen LogP contribution in [0.3, 0.4) is 0 Å². The second-order valence-corrected chi connectivity index (χ2v) is 15.0. The highest BCUT2D eigenvalue weighted by Crippen LogP contribution is 2.38. The average molecular weight is 1130 g/mol. The number of carbonyl (C=O) groups is 7. The number of carbonyl (C=O) groups excluding carboxylic acids is 7. The molecule has 0 aromatic carbocycles. The van der Waals surface area contributed by atoms with Crippen molar-refractivity contribution >= 4 is 110 Å². The summed E-state index contributed by atoms with van der Waals surface area (Å²) in [6.45, 7) is 7.63. The highest BCUT2D eigenvalue weighted by molar-refractivity contribution is 14.1. The number of aliphatic hydroxyl groups excluding tert-OH is 1. The molecule has 55 heavy (non-hydrogen) atoms. The summed E-state index contributed by atoms with van der Waals surface area (Å²) in [6, 6.07) is 0. The van der Waals surface area contributed by atoms with E-state index in [0.29, 0.717) is 0 Å². The molecule has 23 heteroatoms. The lowest BCUT2D eigenvalue weighted by Crippen LogP contribution is -2.68. The number of halogens is 3. The first-order chi connectivity index (χ1) is 25.8. The van der Waals surface area contributed by atoms with Crippen LogP contribution in [0.5, 0.6) is 0 Å².